The van der Waals surface area contributed by atoms with Crippen LogP contribution >= 0.6 is 0 Å². The predicted octanol–water partition coefficient (Wildman–Crippen LogP) is -0.813. The van der Waals surface area contributed by atoms with Crippen molar-refractivity contribution in [1.29, 1.82) is 0 Å². The highest BCUT2D eigenvalue weighted by molar-refractivity contribution is 5.95. The lowest BCUT2D eigenvalue weighted by molar-refractivity contribution is -0.144. The lowest BCUT2D eigenvalue weighted by atomic mass is 10.0. The van der Waals surface area contributed by atoms with Gasteiger partial charge in [-0.1, -0.05) is 26.0 Å². The second kappa shape index (κ2) is 15.1. The number of phenolic OH excluding ortho intramolecular Hbond substituents is 1. The summed E-state index contributed by atoms with van der Waals surface area (Å²) in [6, 6.07) is -0.0199. The number of hydrogen-bond donors (Lipinski definition) is 8. The molecule has 0 fully saturated rings. The van der Waals surface area contributed by atoms with Gasteiger partial charge in [-0.05, 0) is 36.5 Å². The third kappa shape index (κ3) is 11.7. The van der Waals surface area contributed by atoms with Gasteiger partial charge in [0.15, 0.2) is 0 Å². The van der Waals surface area contributed by atoms with Gasteiger partial charge in [-0.2, -0.15) is 0 Å². The molecule has 1 aromatic carbocycles. The Bertz CT molecular complexity index is 1010. The lowest BCUT2D eigenvalue weighted by Crippen LogP contribution is -2.58. The van der Waals surface area contributed by atoms with E-state index in [2.05, 4.69) is 16.0 Å². The van der Waals surface area contributed by atoms with E-state index in [0.29, 0.717) is 5.56 Å². The molecule has 1 aromatic rings. The topological polar surface area (TPSA) is 245 Å². The molecule has 14 heteroatoms. The number of carboxylic acid groups (broad SMARTS) is 3. The molecule has 0 saturated carbocycles. The Labute approximate surface area is 218 Å². The molecule has 4 unspecified atom stereocenters. The van der Waals surface area contributed by atoms with Crippen LogP contribution in [0, 0.1) is 5.92 Å². The Morgan fingerprint density at radius 2 is 1.32 bits per heavy atom. The fourth-order valence-corrected chi connectivity index (χ4v) is 3.39. The van der Waals surface area contributed by atoms with Crippen LogP contribution in [0.15, 0.2) is 24.3 Å². The summed E-state index contributed by atoms with van der Waals surface area (Å²) in [5.74, 6) is -6.95. The van der Waals surface area contributed by atoms with Crippen LogP contribution in [0.3, 0.4) is 0 Å². The minimum Gasteiger partial charge on any atom is -0.508 e. The summed E-state index contributed by atoms with van der Waals surface area (Å²) >= 11 is 0. The first kappa shape index (κ1) is 31.8. The highest BCUT2D eigenvalue weighted by Crippen LogP contribution is 2.12. The summed E-state index contributed by atoms with van der Waals surface area (Å²) in [4.78, 5) is 72.0. The molecule has 3 amide bonds. The van der Waals surface area contributed by atoms with E-state index in [1.165, 1.54) is 24.3 Å². The number of phenols is 1. The Morgan fingerprint density at radius 1 is 0.789 bits per heavy atom. The van der Waals surface area contributed by atoms with Gasteiger partial charge in [-0.3, -0.25) is 24.0 Å². The largest absolute Gasteiger partial charge is 0.508 e. The quantitative estimate of drug-likeness (QED) is 0.129. The maximum Gasteiger partial charge on any atom is 0.326 e. The second-order valence-corrected chi connectivity index (χ2v) is 9.16. The van der Waals surface area contributed by atoms with E-state index in [1.807, 2.05) is 0 Å². The van der Waals surface area contributed by atoms with Crippen molar-refractivity contribution in [3.05, 3.63) is 29.8 Å². The zero-order valence-corrected chi connectivity index (χ0v) is 21.0. The second-order valence-electron chi connectivity index (χ2n) is 9.16. The molecule has 0 aliphatic heterocycles. The van der Waals surface area contributed by atoms with E-state index in [4.69, 9.17) is 10.8 Å². The van der Waals surface area contributed by atoms with Gasteiger partial charge < -0.3 is 42.1 Å². The van der Waals surface area contributed by atoms with Crippen LogP contribution in [0.1, 0.15) is 45.1 Å². The highest BCUT2D eigenvalue weighted by atomic mass is 16.4. The monoisotopic (exact) mass is 538 g/mol. The number of benzene rings is 1. The molecule has 0 bridgehead atoms. The molecule has 0 aromatic heterocycles. The summed E-state index contributed by atoms with van der Waals surface area (Å²) < 4.78 is 0. The number of carbonyl (C=O) groups is 6. The molecular formula is C24H34N4O10. The summed E-state index contributed by atoms with van der Waals surface area (Å²) in [6.07, 6.45) is -1.52. The molecule has 4 atom stereocenters. The summed E-state index contributed by atoms with van der Waals surface area (Å²) in [7, 11) is 0. The third-order valence-corrected chi connectivity index (χ3v) is 5.35. The Kier molecular flexibility index (Phi) is 12.7. The van der Waals surface area contributed by atoms with Crippen molar-refractivity contribution in [2.45, 2.75) is 70.1 Å². The van der Waals surface area contributed by atoms with Crippen molar-refractivity contribution >= 4 is 35.6 Å². The smallest absolute Gasteiger partial charge is 0.326 e. The van der Waals surface area contributed by atoms with Gasteiger partial charge in [0.2, 0.25) is 17.7 Å². The molecular weight excluding hydrogens is 504 g/mol. The van der Waals surface area contributed by atoms with Crippen molar-refractivity contribution in [3.63, 3.8) is 0 Å². The number of nitrogens with one attached hydrogen (secondary N) is 3. The third-order valence-electron chi connectivity index (χ3n) is 5.35. The van der Waals surface area contributed by atoms with Crippen molar-refractivity contribution in [1.82, 2.24) is 16.0 Å². The first-order valence-corrected chi connectivity index (χ1v) is 11.8. The molecule has 0 heterocycles. The number of aliphatic carboxylic acids is 3. The minimum absolute atomic E-state index is 0.0419. The number of aromatic hydroxyl groups is 1. The Balaban J connectivity index is 3.01. The molecule has 38 heavy (non-hydrogen) atoms. The summed E-state index contributed by atoms with van der Waals surface area (Å²) in [6.45, 7) is 3.50. The fourth-order valence-electron chi connectivity index (χ4n) is 3.39. The summed E-state index contributed by atoms with van der Waals surface area (Å²) in [5.41, 5.74) is 6.16. The average molecular weight is 539 g/mol. The van der Waals surface area contributed by atoms with Crippen molar-refractivity contribution in [2.75, 3.05) is 0 Å². The molecule has 0 aliphatic rings. The number of nitrogens with two attached hydrogens (primary N) is 1. The molecule has 1 rings (SSSR count). The van der Waals surface area contributed by atoms with E-state index in [-0.39, 0.29) is 37.4 Å². The van der Waals surface area contributed by atoms with Crippen LogP contribution in [0.5, 0.6) is 5.75 Å². The lowest BCUT2D eigenvalue weighted by Gasteiger charge is -2.25. The van der Waals surface area contributed by atoms with Crippen LogP contribution in [0.2, 0.25) is 0 Å². The first-order chi connectivity index (χ1) is 17.7. The van der Waals surface area contributed by atoms with E-state index in [0.717, 1.165) is 0 Å². The zero-order chi connectivity index (χ0) is 29.0. The van der Waals surface area contributed by atoms with Crippen molar-refractivity contribution < 1.29 is 49.2 Å². The van der Waals surface area contributed by atoms with Gasteiger partial charge in [0.25, 0.3) is 0 Å². The molecule has 0 aliphatic carbocycles. The number of carboxylic acids is 3. The van der Waals surface area contributed by atoms with Gasteiger partial charge in [-0.15, -0.1) is 0 Å². The SMILES string of the molecule is CC(C)CC(NC(=O)C(N)CCC(=O)O)C(=O)NC(CC(=O)O)C(=O)NC(Cc1ccc(O)cc1)C(=O)O. The van der Waals surface area contributed by atoms with Crippen LogP contribution in [0.4, 0.5) is 0 Å². The molecule has 0 radical (unpaired) electrons. The Hall–Kier alpha value is -4.20. The van der Waals surface area contributed by atoms with E-state index in [1.54, 1.807) is 13.8 Å². The van der Waals surface area contributed by atoms with E-state index >= 15 is 0 Å². The number of hydrogen-bond acceptors (Lipinski definition) is 8. The van der Waals surface area contributed by atoms with E-state index < -0.39 is 66.2 Å². The fraction of sp³-hybridized carbons (Fsp3) is 0.500. The maximum atomic E-state index is 13.0. The minimum atomic E-state index is -1.67. The van der Waals surface area contributed by atoms with E-state index in [9.17, 15) is 44.1 Å². The normalized spacial score (nSPS) is 14.0. The van der Waals surface area contributed by atoms with Crippen LogP contribution in [0.25, 0.3) is 0 Å². The van der Waals surface area contributed by atoms with Crippen LogP contribution < -0.4 is 21.7 Å². The average Bonchev–Trinajstić information content (AvgIpc) is 2.81. The Morgan fingerprint density at radius 3 is 1.82 bits per heavy atom. The molecule has 0 spiro atoms. The van der Waals surface area contributed by atoms with Crippen LogP contribution in [-0.4, -0.2) is 80.2 Å². The van der Waals surface area contributed by atoms with Gasteiger partial charge in [-0.25, -0.2) is 4.79 Å². The molecule has 14 nitrogen and oxygen atoms in total. The van der Waals surface area contributed by atoms with Crippen molar-refractivity contribution in [3.8, 4) is 5.75 Å². The molecule has 0 saturated heterocycles. The molecule has 210 valence electrons. The maximum absolute atomic E-state index is 13.0. The first-order valence-electron chi connectivity index (χ1n) is 11.8. The zero-order valence-electron chi connectivity index (χ0n) is 21.0. The van der Waals surface area contributed by atoms with Gasteiger partial charge in [0.05, 0.1) is 12.5 Å². The standard InChI is InChI=1S/C24H34N4O10/c1-12(2)9-16(26-21(34)15(25)7-8-19(30)31)22(35)27-17(11-20(32)33)23(36)28-18(24(37)38)10-13-3-5-14(29)6-4-13/h3-6,12,15-18,29H,7-11,25H2,1-2H3,(H,26,34)(H,27,35)(H,28,36)(H,30,31)(H,32,33)(H,37,38). The van der Waals surface area contributed by atoms with Gasteiger partial charge in [0, 0.05) is 12.8 Å². The number of carbonyl (C=O) groups excluding carboxylic acids is 3. The highest BCUT2D eigenvalue weighted by Gasteiger charge is 2.32. The van der Waals surface area contributed by atoms with Gasteiger partial charge >= 0.3 is 17.9 Å². The molecule has 9 N–H and O–H groups in total. The predicted molar refractivity (Wildman–Crippen MR) is 132 cm³/mol. The van der Waals surface area contributed by atoms with Crippen LogP contribution in [-0.2, 0) is 35.2 Å². The van der Waals surface area contributed by atoms with Gasteiger partial charge in [0.1, 0.15) is 23.9 Å². The van der Waals surface area contributed by atoms with Crippen molar-refractivity contribution in [2.24, 2.45) is 11.7 Å². The number of rotatable bonds is 16. The summed E-state index contributed by atoms with van der Waals surface area (Å²) in [5, 5.41) is 43.8. The number of amides is 3.